The zero-order valence-corrected chi connectivity index (χ0v) is 8.95. The summed E-state index contributed by atoms with van der Waals surface area (Å²) in [6, 6.07) is 1.96. The number of carbonyl (C=O) groups is 1. The van der Waals surface area contributed by atoms with Crippen molar-refractivity contribution in [1.82, 2.24) is 5.32 Å². The first kappa shape index (κ1) is 12.9. The highest BCUT2D eigenvalue weighted by molar-refractivity contribution is 5.81. The largest absolute Gasteiger partial charge is 0.393 e. The maximum Gasteiger partial charge on any atom is 0.237 e. The van der Waals surface area contributed by atoms with Crippen molar-refractivity contribution in [1.29, 1.82) is 5.26 Å². The summed E-state index contributed by atoms with van der Waals surface area (Å²) in [4.78, 5) is 11.4. The van der Waals surface area contributed by atoms with E-state index >= 15 is 0 Å². The van der Waals surface area contributed by atoms with Crippen LogP contribution >= 0.6 is 0 Å². The molecule has 2 atom stereocenters. The number of aliphatic hydroxyl groups excluding tert-OH is 1. The maximum absolute atomic E-state index is 11.4. The summed E-state index contributed by atoms with van der Waals surface area (Å²) in [5.74, 6) is -0.821. The molecule has 14 heavy (non-hydrogen) atoms. The highest BCUT2D eigenvalue weighted by Crippen LogP contribution is 2.09. The van der Waals surface area contributed by atoms with Gasteiger partial charge in [-0.05, 0) is 19.3 Å². The Kier molecular flexibility index (Phi) is 5.89. The fourth-order valence-electron chi connectivity index (χ4n) is 1.02. The van der Waals surface area contributed by atoms with Gasteiger partial charge in [0, 0.05) is 6.54 Å². The van der Waals surface area contributed by atoms with E-state index in [1.54, 1.807) is 6.92 Å². The summed E-state index contributed by atoms with van der Waals surface area (Å²) >= 11 is 0. The Balaban J connectivity index is 3.89. The average molecular weight is 198 g/mol. The van der Waals surface area contributed by atoms with E-state index in [9.17, 15) is 4.79 Å². The molecule has 80 valence electrons. The molecule has 0 fully saturated rings. The molecule has 2 unspecified atom stereocenters. The van der Waals surface area contributed by atoms with Crippen LogP contribution < -0.4 is 5.32 Å². The zero-order valence-electron chi connectivity index (χ0n) is 8.95. The third-order valence-electron chi connectivity index (χ3n) is 1.95. The van der Waals surface area contributed by atoms with E-state index in [-0.39, 0.29) is 11.8 Å². The second-order valence-electron chi connectivity index (χ2n) is 3.78. The summed E-state index contributed by atoms with van der Waals surface area (Å²) < 4.78 is 0. The van der Waals surface area contributed by atoms with Gasteiger partial charge in [-0.25, -0.2) is 0 Å². The number of nitriles is 1. The fraction of sp³-hybridized carbons (Fsp3) is 0.800. The standard InChI is InChI=1S/C10H18N2O2/c1-7(2)9(6-11)10(14)12-5-4-8(3)13/h7-9,13H,4-5H2,1-3H3,(H,12,14). The summed E-state index contributed by atoms with van der Waals surface area (Å²) in [6.45, 7) is 5.75. The fourth-order valence-corrected chi connectivity index (χ4v) is 1.02. The van der Waals surface area contributed by atoms with Crippen LogP contribution in [0.25, 0.3) is 0 Å². The number of hydrogen-bond acceptors (Lipinski definition) is 3. The lowest BCUT2D eigenvalue weighted by Gasteiger charge is -2.13. The Morgan fingerprint density at radius 1 is 1.50 bits per heavy atom. The Morgan fingerprint density at radius 2 is 2.07 bits per heavy atom. The highest BCUT2D eigenvalue weighted by Gasteiger charge is 2.20. The molecular formula is C10H18N2O2. The van der Waals surface area contributed by atoms with Gasteiger partial charge in [0.25, 0.3) is 0 Å². The van der Waals surface area contributed by atoms with Gasteiger partial charge in [-0.15, -0.1) is 0 Å². The van der Waals surface area contributed by atoms with Crippen molar-refractivity contribution in [2.45, 2.75) is 33.3 Å². The summed E-state index contributed by atoms with van der Waals surface area (Å²) in [7, 11) is 0. The lowest BCUT2D eigenvalue weighted by atomic mass is 9.97. The van der Waals surface area contributed by atoms with Gasteiger partial charge < -0.3 is 10.4 Å². The minimum atomic E-state index is -0.594. The number of hydrogen-bond donors (Lipinski definition) is 2. The van der Waals surface area contributed by atoms with E-state index in [2.05, 4.69) is 5.32 Å². The monoisotopic (exact) mass is 198 g/mol. The first-order chi connectivity index (χ1) is 6.49. The first-order valence-corrected chi connectivity index (χ1v) is 4.84. The predicted octanol–water partition coefficient (Wildman–Crippen LogP) is 0.669. The van der Waals surface area contributed by atoms with E-state index in [1.165, 1.54) is 0 Å². The van der Waals surface area contributed by atoms with Crippen molar-refractivity contribution in [3.05, 3.63) is 0 Å². The predicted molar refractivity (Wildman–Crippen MR) is 53.2 cm³/mol. The Labute approximate surface area is 84.9 Å². The SMILES string of the molecule is CC(O)CCNC(=O)C(C#N)C(C)C. The van der Waals surface area contributed by atoms with E-state index in [0.717, 1.165) is 0 Å². The van der Waals surface area contributed by atoms with Crippen LogP contribution in [0.5, 0.6) is 0 Å². The molecule has 0 aromatic heterocycles. The molecule has 0 heterocycles. The molecular weight excluding hydrogens is 180 g/mol. The number of amides is 1. The highest BCUT2D eigenvalue weighted by atomic mass is 16.3. The van der Waals surface area contributed by atoms with Crippen molar-refractivity contribution in [2.75, 3.05) is 6.54 Å². The van der Waals surface area contributed by atoms with Crippen LogP contribution in [0.3, 0.4) is 0 Å². The van der Waals surface area contributed by atoms with Gasteiger partial charge in [0.05, 0.1) is 12.2 Å². The molecule has 0 aliphatic carbocycles. The van der Waals surface area contributed by atoms with Crippen molar-refractivity contribution in [3.8, 4) is 6.07 Å². The number of aliphatic hydroxyl groups is 1. The molecule has 0 aromatic rings. The normalized spacial score (nSPS) is 14.6. The summed E-state index contributed by atoms with van der Waals surface area (Å²) in [6.07, 6.45) is 0.0945. The molecule has 0 aliphatic heterocycles. The molecule has 0 aromatic carbocycles. The smallest absolute Gasteiger partial charge is 0.237 e. The van der Waals surface area contributed by atoms with Crippen molar-refractivity contribution < 1.29 is 9.90 Å². The molecule has 0 aliphatic rings. The molecule has 4 heteroatoms. The number of nitrogens with zero attached hydrogens (tertiary/aromatic N) is 1. The molecule has 0 radical (unpaired) electrons. The molecule has 0 saturated carbocycles. The minimum absolute atomic E-state index is 0.0200. The number of nitrogens with one attached hydrogen (secondary N) is 1. The molecule has 0 bridgehead atoms. The van der Waals surface area contributed by atoms with Crippen LogP contribution in [0.15, 0.2) is 0 Å². The van der Waals surface area contributed by atoms with Crippen LogP contribution in [0.4, 0.5) is 0 Å². The lowest BCUT2D eigenvalue weighted by molar-refractivity contribution is -0.124. The van der Waals surface area contributed by atoms with Crippen molar-refractivity contribution >= 4 is 5.91 Å². The van der Waals surface area contributed by atoms with Gasteiger partial charge in [0.2, 0.25) is 5.91 Å². The van der Waals surface area contributed by atoms with E-state index < -0.39 is 12.0 Å². The Bertz CT molecular complexity index is 219. The lowest BCUT2D eigenvalue weighted by Crippen LogP contribution is -2.34. The Morgan fingerprint density at radius 3 is 2.43 bits per heavy atom. The second-order valence-corrected chi connectivity index (χ2v) is 3.78. The Hall–Kier alpha value is -1.08. The quantitative estimate of drug-likeness (QED) is 0.682. The van der Waals surface area contributed by atoms with Crippen molar-refractivity contribution in [3.63, 3.8) is 0 Å². The van der Waals surface area contributed by atoms with Crippen LogP contribution in [-0.4, -0.2) is 23.7 Å². The van der Waals surface area contributed by atoms with Crippen LogP contribution in [-0.2, 0) is 4.79 Å². The second kappa shape index (κ2) is 6.39. The zero-order chi connectivity index (χ0) is 11.1. The van der Waals surface area contributed by atoms with Gasteiger partial charge in [-0.2, -0.15) is 5.26 Å². The third-order valence-corrected chi connectivity index (χ3v) is 1.95. The molecule has 2 N–H and O–H groups in total. The topological polar surface area (TPSA) is 73.1 Å². The number of carbonyl (C=O) groups excluding carboxylic acids is 1. The van der Waals surface area contributed by atoms with Gasteiger partial charge in [-0.1, -0.05) is 13.8 Å². The maximum atomic E-state index is 11.4. The summed E-state index contributed by atoms with van der Waals surface area (Å²) in [5, 5.41) is 20.3. The van der Waals surface area contributed by atoms with Crippen LogP contribution in [0.1, 0.15) is 27.2 Å². The molecule has 1 amide bonds. The third kappa shape index (κ3) is 4.83. The average Bonchev–Trinajstić information content (AvgIpc) is 2.03. The molecule has 0 spiro atoms. The first-order valence-electron chi connectivity index (χ1n) is 4.84. The van der Waals surface area contributed by atoms with Crippen molar-refractivity contribution in [2.24, 2.45) is 11.8 Å². The minimum Gasteiger partial charge on any atom is -0.393 e. The van der Waals surface area contributed by atoms with Gasteiger partial charge >= 0.3 is 0 Å². The van der Waals surface area contributed by atoms with E-state index in [1.807, 2.05) is 19.9 Å². The molecule has 4 nitrogen and oxygen atoms in total. The van der Waals surface area contributed by atoms with E-state index in [0.29, 0.717) is 13.0 Å². The van der Waals surface area contributed by atoms with E-state index in [4.69, 9.17) is 10.4 Å². The molecule has 0 saturated heterocycles. The van der Waals surface area contributed by atoms with Crippen LogP contribution in [0.2, 0.25) is 0 Å². The van der Waals surface area contributed by atoms with Gasteiger partial charge in [0.1, 0.15) is 5.92 Å². The molecule has 0 rings (SSSR count). The van der Waals surface area contributed by atoms with Gasteiger partial charge in [-0.3, -0.25) is 4.79 Å². The number of rotatable bonds is 5. The summed E-state index contributed by atoms with van der Waals surface area (Å²) in [5.41, 5.74) is 0. The van der Waals surface area contributed by atoms with Crippen LogP contribution in [0, 0.1) is 23.2 Å². The van der Waals surface area contributed by atoms with Gasteiger partial charge in [0.15, 0.2) is 0 Å².